The molecule has 2 aromatic heterocycles. The van der Waals surface area contributed by atoms with E-state index in [4.69, 9.17) is 9.61 Å². The van der Waals surface area contributed by atoms with Crippen molar-refractivity contribution >= 4 is 11.0 Å². The van der Waals surface area contributed by atoms with Crippen molar-refractivity contribution in [2.45, 2.75) is 31.1 Å². The van der Waals surface area contributed by atoms with Crippen molar-refractivity contribution in [3.05, 3.63) is 42.1 Å². The molecule has 0 radical (unpaired) electrons. The zero-order valence-electron chi connectivity index (χ0n) is 13.6. The second-order valence-corrected chi connectivity index (χ2v) is 7.16. The van der Waals surface area contributed by atoms with Crippen LogP contribution in [0.3, 0.4) is 0 Å². The van der Waals surface area contributed by atoms with Crippen molar-refractivity contribution < 1.29 is 4.63 Å². The number of aromatic nitrogens is 3. The van der Waals surface area contributed by atoms with Crippen molar-refractivity contribution in [3.63, 3.8) is 0 Å². The first-order valence-electron chi connectivity index (χ1n) is 8.74. The third kappa shape index (κ3) is 2.23. The summed E-state index contributed by atoms with van der Waals surface area (Å²) in [6, 6.07) is 10.4. The third-order valence-corrected chi connectivity index (χ3v) is 5.71. The fraction of sp³-hybridized carbons (Fsp3) is 0.421. The Morgan fingerprint density at radius 1 is 0.958 bits per heavy atom. The predicted molar refractivity (Wildman–Crippen MR) is 91.6 cm³/mol. The highest BCUT2D eigenvalue weighted by Gasteiger charge is 2.39. The Hall–Kier alpha value is -2.27. The van der Waals surface area contributed by atoms with Gasteiger partial charge in [-0.25, -0.2) is 4.63 Å². The molecular weight excluding hydrogens is 300 g/mol. The van der Waals surface area contributed by atoms with E-state index in [1.165, 1.54) is 50.9 Å². The molecule has 5 nitrogen and oxygen atoms in total. The zero-order chi connectivity index (χ0) is 16.0. The molecule has 2 aliphatic rings. The van der Waals surface area contributed by atoms with Crippen LogP contribution in [0.2, 0.25) is 0 Å². The van der Waals surface area contributed by atoms with Gasteiger partial charge in [-0.05, 0) is 72.8 Å². The third-order valence-electron chi connectivity index (χ3n) is 5.71. The predicted octanol–water partition coefficient (Wildman–Crippen LogP) is 3.41. The summed E-state index contributed by atoms with van der Waals surface area (Å²) in [5.74, 6) is 0. The van der Waals surface area contributed by atoms with Crippen molar-refractivity contribution in [1.82, 2.24) is 20.2 Å². The quantitative estimate of drug-likeness (QED) is 0.724. The molecule has 24 heavy (non-hydrogen) atoms. The molecule has 0 aliphatic carbocycles. The highest BCUT2D eigenvalue weighted by atomic mass is 16.6. The molecule has 0 unspecified atom stereocenters. The van der Waals surface area contributed by atoms with Gasteiger partial charge in [0.2, 0.25) is 0 Å². The molecule has 0 amide bonds. The van der Waals surface area contributed by atoms with Gasteiger partial charge in [0.15, 0.2) is 0 Å². The summed E-state index contributed by atoms with van der Waals surface area (Å²) in [4.78, 5) is 7.38. The molecule has 0 saturated carbocycles. The Labute approximate surface area is 140 Å². The van der Waals surface area contributed by atoms with Crippen LogP contribution in [0.25, 0.3) is 22.3 Å². The first kappa shape index (κ1) is 14.1. The fourth-order valence-electron chi connectivity index (χ4n) is 4.46. The van der Waals surface area contributed by atoms with Gasteiger partial charge in [0.1, 0.15) is 11.0 Å². The minimum Gasteiger partial charge on any atom is -0.302 e. The van der Waals surface area contributed by atoms with Crippen molar-refractivity contribution in [2.75, 3.05) is 19.6 Å². The zero-order valence-corrected chi connectivity index (χ0v) is 13.6. The second kappa shape index (κ2) is 5.38. The molecule has 2 saturated heterocycles. The van der Waals surface area contributed by atoms with Crippen LogP contribution in [0.1, 0.15) is 31.2 Å². The number of fused-ring (bicyclic) bond motifs is 3. The van der Waals surface area contributed by atoms with Gasteiger partial charge in [0, 0.05) is 23.7 Å². The second-order valence-electron chi connectivity index (χ2n) is 7.16. The molecule has 5 heteroatoms. The van der Waals surface area contributed by atoms with Crippen LogP contribution in [0.4, 0.5) is 0 Å². The Morgan fingerprint density at radius 3 is 2.58 bits per heavy atom. The first-order valence-corrected chi connectivity index (χ1v) is 8.74. The lowest BCUT2D eigenvalue weighted by Gasteiger charge is -2.47. The van der Waals surface area contributed by atoms with E-state index in [1.807, 2.05) is 18.2 Å². The van der Waals surface area contributed by atoms with Crippen LogP contribution in [-0.4, -0.2) is 39.8 Å². The molecular formula is C19H20N4O. The van der Waals surface area contributed by atoms with Gasteiger partial charge >= 0.3 is 0 Å². The summed E-state index contributed by atoms with van der Waals surface area (Å²) in [5, 5.41) is 7.77. The lowest BCUT2D eigenvalue weighted by atomic mass is 9.69. The van der Waals surface area contributed by atoms with Gasteiger partial charge < -0.3 is 4.90 Å². The maximum Gasteiger partial charge on any atom is 0.135 e. The SMILES string of the molecule is c1cc2nonc2cc1-c1ccc(C23CCCN(CCC2)C3)cn1. The molecule has 1 aromatic carbocycles. The molecule has 0 atom stereocenters. The summed E-state index contributed by atoms with van der Waals surface area (Å²) < 4.78 is 4.77. The van der Waals surface area contributed by atoms with Gasteiger partial charge in [-0.15, -0.1) is 0 Å². The minimum absolute atomic E-state index is 0.321. The minimum atomic E-state index is 0.321. The maximum atomic E-state index is 4.77. The van der Waals surface area contributed by atoms with Crippen LogP contribution in [0.5, 0.6) is 0 Å². The topological polar surface area (TPSA) is 55.1 Å². The molecule has 4 heterocycles. The van der Waals surface area contributed by atoms with E-state index < -0.39 is 0 Å². The summed E-state index contributed by atoms with van der Waals surface area (Å²) in [6.07, 6.45) is 7.28. The largest absolute Gasteiger partial charge is 0.302 e. The maximum absolute atomic E-state index is 4.77. The van der Waals surface area contributed by atoms with Gasteiger partial charge in [0.05, 0.1) is 5.69 Å². The smallest absolute Gasteiger partial charge is 0.135 e. The molecule has 2 aliphatic heterocycles. The summed E-state index contributed by atoms with van der Waals surface area (Å²) in [7, 11) is 0. The fourth-order valence-corrected chi connectivity index (χ4v) is 4.46. The van der Waals surface area contributed by atoms with Crippen LogP contribution >= 0.6 is 0 Å². The summed E-state index contributed by atoms with van der Waals surface area (Å²) >= 11 is 0. The molecule has 3 aromatic rings. The molecule has 0 N–H and O–H groups in total. The van der Waals surface area contributed by atoms with E-state index in [1.54, 1.807) is 0 Å². The van der Waals surface area contributed by atoms with E-state index in [2.05, 4.69) is 33.5 Å². The molecule has 2 fully saturated rings. The average molecular weight is 320 g/mol. The van der Waals surface area contributed by atoms with Crippen molar-refractivity contribution in [3.8, 4) is 11.3 Å². The Kier molecular flexibility index (Phi) is 3.16. The van der Waals surface area contributed by atoms with E-state index in [-0.39, 0.29) is 0 Å². The molecule has 122 valence electrons. The Balaban J connectivity index is 1.48. The number of nitrogens with zero attached hydrogens (tertiary/aromatic N) is 4. The van der Waals surface area contributed by atoms with Crippen LogP contribution < -0.4 is 0 Å². The number of benzene rings is 1. The number of pyridine rings is 1. The number of rotatable bonds is 2. The summed E-state index contributed by atoms with van der Waals surface area (Å²) in [6.45, 7) is 3.72. The molecule has 2 bridgehead atoms. The van der Waals surface area contributed by atoms with Gasteiger partial charge in [-0.2, -0.15) is 0 Å². The summed E-state index contributed by atoms with van der Waals surface area (Å²) in [5.41, 5.74) is 5.30. The first-order chi connectivity index (χ1) is 11.8. The standard InChI is InChI=1S/C19H20N4O/c1-7-19(8-2-10-23(9-1)13-19)15-4-6-16(20-12-15)14-3-5-17-18(11-14)22-24-21-17/h3-6,11-12H,1-2,7-10,13H2. The highest BCUT2D eigenvalue weighted by Crippen LogP contribution is 2.41. The number of piperidine rings is 2. The Morgan fingerprint density at radius 2 is 1.79 bits per heavy atom. The van der Waals surface area contributed by atoms with Gasteiger partial charge in [-0.3, -0.25) is 4.98 Å². The van der Waals surface area contributed by atoms with Crippen LogP contribution in [-0.2, 0) is 5.41 Å². The van der Waals surface area contributed by atoms with E-state index >= 15 is 0 Å². The van der Waals surface area contributed by atoms with E-state index in [9.17, 15) is 0 Å². The van der Waals surface area contributed by atoms with Gasteiger partial charge in [0.25, 0.3) is 0 Å². The normalized spacial score (nSPS) is 26.6. The Bertz CT molecular complexity index is 860. The average Bonchev–Trinajstić information content (AvgIpc) is 3.10. The van der Waals surface area contributed by atoms with E-state index in [0.29, 0.717) is 5.41 Å². The molecule has 5 rings (SSSR count). The number of hydrogen-bond donors (Lipinski definition) is 0. The number of hydrogen-bond acceptors (Lipinski definition) is 5. The highest BCUT2D eigenvalue weighted by molar-refractivity contribution is 5.79. The van der Waals surface area contributed by atoms with E-state index in [0.717, 1.165) is 22.3 Å². The van der Waals surface area contributed by atoms with Gasteiger partial charge in [-0.1, -0.05) is 12.1 Å². The monoisotopic (exact) mass is 320 g/mol. The van der Waals surface area contributed by atoms with Crippen molar-refractivity contribution in [2.24, 2.45) is 0 Å². The lowest BCUT2D eigenvalue weighted by molar-refractivity contribution is 0.0941. The van der Waals surface area contributed by atoms with Crippen LogP contribution in [0, 0.1) is 0 Å². The lowest BCUT2D eigenvalue weighted by Crippen LogP contribution is -2.50. The van der Waals surface area contributed by atoms with Crippen molar-refractivity contribution in [1.29, 1.82) is 0 Å². The van der Waals surface area contributed by atoms with Crippen LogP contribution in [0.15, 0.2) is 41.2 Å². The molecule has 0 spiro atoms.